The fraction of sp³-hybridized carbons (Fsp3) is 0.267. The van der Waals surface area contributed by atoms with Gasteiger partial charge in [0.1, 0.15) is 5.75 Å². The van der Waals surface area contributed by atoms with Gasteiger partial charge in [-0.2, -0.15) is 0 Å². The van der Waals surface area contributed by atoms with Crippen LogP contribution in [0.2, 0.25) is 0 Å². The maximum atomic E-state index is 5.28. The van der Waals surface area contributed by atoms with Gasteiger partial charge >= 0.3 is 0 Å². The molecule has 0 radical (unpaired) electrons. The van der Waals surface area contributed by atoms with Crippen LogP contribution in [0, 0.1) is 0 Å². The second-order valence-electron chi connectivity index (χ2n) is 4.72. The minimum absolute atomic E-state index is 0.834. The third-order valence-electron chi connectivity index (χ3n) is 3.34. The Morgan fingerprint density at radius 2 is 2.30 bits per heavy atom. The van der Waals surface area contributed by atoms with Gasteiger partial charge in [-0.1, -0.05) is 12.1 Å². The summed E-state index contributed by atoms with van der Waals surface area (Å²) in [4.78, 5) is 6.81. The van der Waals surface area contributed by atoms with Gasteiger partial charge in [-0.3, -0.25) is 0 Å². The van der Waals surface area contributed by atoms with Gasteiger partial charge in [-0.25, -0.2) is 4.98 Å². The molecule has 1 aromatic heterocycles. The molecule has 0 fully saturated rings. The van der Waals surface area contributed by atoms with Gasteiger partial charge in [0.05, 0.1) is 12.8 Å². The number of anilines is 2. The van der Waals surface area contributed by atoms with Gasteiger partial charge in [0.2, 0.25) is 0 Å². The molecule has 0 unspecified atom stereocenters. The summed E-state index contributed by atoms with van der Waals surface area (Å²) in [5.74, 6) is 1.89. The van der Waals surface area contributed by atoms with E-state index in [0.717, 1.165) is 41.4 Å². The van der Waals surface area contributed by atoms with Crippen LogP contribution in [0.4, 0.5) is 11.5 Å². The van der Waals surface area contributed by atoms with Gasteiger partial charge < -0.3 is 15.0 Å². The summed E-state index contributed by atoms with van der Waals surface area (Å²) in [6.07, 6.45) is 1.84. The summed E-state index contributed by atoms with van der Waals surface area (Å²) in [6.45, 7) is 2.70. The zero-order valence-corrected chi connectivity index (χ0v) is 12.9. The topological polar surface area (TPSA) is 37.4 Å². The van der Waals surface area contributed by atoms with Crippen molar-refractivity contribution < 1.29 is 4.74 Å². The lowest BCUT2D eigenvalue weighted by atomic mass is 10.2. The van der Waals surface area contributed by atoms with Crippen molar-refractivity contribution in [2.24, 2.45) is 0 Å². The number of rotatable bonds is 3. The SMILES string of the molecule is COc1cccc(CN2CCNc3cc(Br)cnc32)c1. The first-order valence-electron chi connectivity index (χ1n) is 6.53. The average Bonchev–Trinajstić information content (AvgIpc) is 2.47. The van der Waals surface area contributed by atoms with Crippen LogP contribution >= 0.6 is 15.9 Å². The third kappa shape index (κ3) is 2.72. The van der Waals surface area contributed by atoms with Crippen molar-refractivity contribution in [3.8, 4) is 5.75 Å². The highest BCUT2D eigenvalue weighted by Crippen LogP contribution is 2.30. The average molecular weight is 334 g/mol. The van der Waals surface area contributed by atoms with Gasteiger partial charge in [0, 0.05) is 30.3 Å². The zero-order chi connectivity index (χ0) is 13.9. The van der Waals surface area contributed by atoms with Gasteiger partial charge in [0.25, 0.3) is 0 Å². The summed E-state index contributed by atoms with van der Waals surface area (Å²) in [5.41, 5.74) is 2.30. The van der Waals surface area contributed by atoms with Crippen LogP contribution in [0.25, 0.3) is 0 Å². The molecule has 20 heavy (non-hydrogen) atoms. The molecule has 0 aliphatic carbocycles. The van der Waals surface area contributed by atoms with E-state index in [2.05, 4.69) is 49.3 Å². The Hall–Kier alpha value is -1.75. The third-order valence-corrected chi connectivity index (χ3v) is 3.77. The minimum atomic E-state index is 0.834. The lowest BCUT2D eigenvalue weighted by Gasteiger charge is -2.31. The van der Waals surface area contributed by atoms with E-state index in [1.807, 2.05) is 18.3 Å². The zero-order valence-electron chi connectivity index (χ0n) is 11.3. The van der Waals surface area contributed by atoms with Gasteiger partial charge in [-0.15, -0.1) is 0 Å². The molecule has 1 aliphatic rings. The lowest BCUT2D eigenvalue weighted by molar-refractivity contribution is 0.414. The number of nitrogens with zero attached hydrogens (tertiary/aromatic N) is 2. The van der Waals surface area contributed by atoms with Crippen molar-refractivity contribution in [2.45, 2.75) is 6.54 Å². The summed E-state index contributed by atoms with van der Waals surface area (Å²) in [6, 6.07) is 10.2. The molecule has 0 bridgehead atoms. The number of nitrogens with one attached hydrogen (secondary N) is 1. The summed E-state index contributed by atoms with van der Waals surface area (Å²) in [7, 11) is 1.69. The van der Waals surface area contributed by atoms with Crippen LogP contribution in [-0.2, 0) is 6.54 Å². The molecule has 0 spiro atoms. The van der Waals surface area contributed by atoms with E-state index in [1.54, 1.807) is 7.11 Å². The molecule has 0 amide bonds. The van der Waals surface area contributed by atoms with Crippen LogP contribution < -0.4 is 15.0 Å². The van der Waals surface area contributed by atoms with Crippen LogP contribution in [0.5, 0.6) is 5.75 Å². The van der Waals surface area contributed by atoms with E-state index < -0.39 is 0 Å². The number of ether oxygens (including phenoxy) is 1. The Bertz CT molecular complexity index is 618. The maximum Gasteiger partial charge on any atom is 0.152 e. The number of halogens is 1. The molecular weight excluding hydrogens is 318 g/mol. The van der Waals surface area contributed by atoms with Crippen molar-refractivity contribution in [3.63, 3.8) is 0 Å². The fourth-order valence-electron chi connectivity index (χ4n) is 2.39. The van der Waals surface area contributed by atoms with Crippen LogP contribution in [0.3, 0.4) is 0 Å². The number of benzene rings is 1. The molecule has 0 saturated heterocycles. The van der Waals surface area contributed by atoms with E-state index in [9.17, 15) is 0 Å². The van der Waals surface area contributed by atoms with Crippen LogP contribution in [-0.4, -0.2) is 25.2 Å². The molecule has 4 nitrogen and oxygen atoms in total. The highest BCUT2D eigenvalue weighted by atomic mass is 79.9. The monoisotopic (exact) mass is 333 g/mol. The Morgan fingerprint density at radius 1 is 1.40 bits per heavy atom. The Labute approximate surface area is 126 Å². The number of hydrogen-bond donors (Lipinski definition) is 1. The molecule has 2 aromatic rings. The largest absolute Gasteiger partial charge is 0.497 e. The second kappa shape index (κ2) is 5.71. The molecule has 5 heteroatoms. The van der Waals surface area contributed by atoms with Crippen LogP contribution in [0.15, 0.2) is 41.0 Å². The van der Waals surface area contributed by atoms with E-state index in [1.165, 1.54) is 5.56 Å². The van der Waals surface area contributed by atoms with Gasteiger partial charge in [0.15, 0.2) is 5.82 Å². The number of fused-ring (bicyclic) bond motifs is 1. The number of pyridine rings is 1. The molecule has 1 N–H and O–H groups in total. The molecular formula is C15H16BrN3O. The number of aromatic nitrogens is 1. The normalized spacial score (nSPS) is 13.6. The summed E-state index contributed by atoms with van der Waals surface area (Å²) in [5, 5.41) is 3.38. The molecule has 3 rings (SSSR count). The minimum Gasteiger partial charge on any atom is -0.497 e. The Kier molecular flexibility index (Phi) is 3.78. The van der Waals surface area contributed by atoms with Crippen molar-refractivity contribution in [3.05, 3.63) is 46.6 Å². The Balaban J connectivity index is 1.85. The first-order valence-corrected chi connectivity index (χ1v) is 7.33. The highest BCUT2D eigenvalue weighted by molar-refractivity contribution is 9.10. The predicted octanol–water partition coefficient (Wildman–Crippen LogP) is 3.28. The molecule has 0 atom stereocenters. The molecule has 1 aliphatic heterocycles. The highest BCUT2D eigenvalue weighted by Gasteiger charge is 2.18. The van der Waals surface area contributed by atoms with E-state index in [-0.39, 0.29) is 0 Å². The van der Waals surface area contributed by atoms with E-state index >= 15 is 0 Å². The maximum absolute atomic E-state index is 5.28. The summed E-state index contributed by atoms with van der Waals surface area (Å²) >= 11 is 3.46. The quantitative estimate of drug-likeness (QED) is 0.935. The van der Waals surface area contributed by atoms with Gasteiger partial charge in [-0.05, 0) is 39.7 Å². The van der Waals surface area contributed by atoms with E-state index in [0.29, 0.717) is 0 Å². The van der Waals surface area contributed by atoms with Crippen molar-refractivity contribution >= 4 is 27.4 Å². The smallest absolute Gasteiger partial charge is 0.152 e. The summed E-state index contributed by atoms with van der Waals surface area (Å²) < 4.78 is 6.27. The molecule has 0 saturated carbocycles. The van der Waals surface area contributed by atoms with Crippen molar-refractivity contribution in [1.29, 1.82) is 0 Å². The first kappa shape index (κ1) is 13.2. The van der Waals surface area contributed by atoms with Crippen molar-refractivity contribution in [2.75, 3.05) is 30.4 Å². The van der Waals surface area contributed by atoms with Crippen LogP contribution in [0.1, 0.15) is 5.56 Å². The molecule has 1 aromatic carbocycles. The lowest BCUT2D eigenvalue weighted by Crippen LogP contribution is -2.34. The number of methoxy groups -OCH3 is 1. The number of hydrogen-bond acceptors (Lipinski definition) is 4. The standard InChI is InChI=1S/C15H16BrN3O/c1-20-13-4-2-3-11(7-13)10-19-6-5-17-14-8-12(16)9-18-15(14)19/h2-4,7-9,17H,5-6,10H2,1H3. The second-order valence-corrected chi connectivity index (χ2v) is 5.64. The first-order chi connectivity index (χ1) is 9.76. The molecule has 104 valence electrons. The fourth-order valence-corrected chi connectivity index (χ4v) is 2.72. The van der Waals surface area contributed by atoms with Crippen molar-refractivity contribution in [1.82, 2.24) is 4.98 Å². The predicted molar refractivity (Wildman–Crippen MR) is 84.5 cm³/mol. The Morgan fingerprint density at radius 3 is 3.15 bits per heavy atom. The molecule has 2 heterocycles. The van der Waals surface area contributed by atoms with E-state index in [4.69, 9.17) is 4.74 Å².